The molecule has 0 aliphatic rings. The van der Waals surface area contributed by atoms with Crippen molar-refractivity contribution in [2.24, 2.45) is 0 Å². The van der Waals surface area contributed by atoms with E-state index >= 15 is 0 Å². The Morgan fingerprint density at radius 1 is 1.20 bits per heavy atom. The zero-order chi connectivity index (χ0) is 4.71. The van der Waals surface area contributed by atoms with Crippen LogP contribution in [0, 0.1) is 0 Å². The molecule has 0 spiro atoms. The summed E-state index contributed by atoms with van der Waals surface area (Å²) in [5.74, 6) is 0. The SMILES string of the molecule is CC.CNC.[HH]. The van der Waals surface area contributed by atoms with Crippen LogP contribution in [0.25, 0.3) is 0 Å². The van der Waals surface area contributed by atoms with Crippen LogP contribution in [0.1, 0.15) is 15.3 Å². The van der Waals surface area contributed by atoms with Gasteiger partial charge in [0, 0.05) is 1.43 Å². The fourth-order valence-corrected chi connectivity index (χ4v) is 0. The Labute approximate surface area is 35.9 Å². The lowest BCUT2D eigenvalue weighted by atomic mass is 11.0. The molecule has 0 aromatic carbocycles. The van der Waals surface area contributed by atoms with Crippen molar-refractivity contribution >= 4 is 0 Å². The van der Waals surface area contributed by atoms with Crippen LogP contribution in [-0.4, -0.2) is 14.1 Å². The van der Waals surface area contributed by atoms with Crippen molar-refractivity contribution < 1.29 is 1.43 Å². The van der Waals surface area contributed by atoms with Crippen LogP contribution in [-0.2, 0) is 0 Å². The predicted octanol–water partition coefficient (Wildman–Crippen LogP) is 1.11. The van der Waals surface area contributed by atoms with Gasteiger partial charge in [0.05, 0.1) is 0 Å². The molecular weight excluding hydrogens is 62.1 g/mol. The predicted molar refractivity (Wildman–Crippen MR) is 28.4 cm³/mol. The summed E-state index contributed by atoms with van der Waals surface area (Å²) in [4.78, 5) is 0. The van der Waals surface area contributed by atoms with Crippen LogP contribution in [0.5, 0.6) is 0 Å². The summed E-state index contributed by atoms with van der Waals surface area (Å²) < 4.78 is 0. The van der Waals surface area contributed by atoms with Gasteiger partial charge in [-0.15, -0.1) is 0 Å². The molecule has 0 aliphatic heterocycles. The van der Waals surface area contributed by atoms with Gasteiger partial charge in [0.15, 0.2) is 0 Å². The molecule has 0 aliphatic carbocycles. The van der Waals surface area contributed by atoms with Gasteiger partial charge in [-0.3, -0.25) is 0 Å². The largest absolute Gasteiger partial charge is 0.323 e. The third kappa shape index (κ3) is 9510. The molecule has 0 saturated heterocycles. The van der Waals surface area contributed by atoms with Crippen LogP contribution in [0.15, 0.2) is 0 Å². The Morgan fingerprint density at radius 2 is 1.20 bits per heavy atom. The Kier molecular flexibility index (Phi) is 66.8. The molecule has 0 heterocycles. The summed E-state index contributed by atoms with van der Waals surface area (Å²) in [7, 11) is 3.75. The molecule has 0 radical (unpaired) electrons. The van der Waals surface area contributed by atoms with Crippen molar-refractivity contribution in [1.82, 2.24) is 5.32 Å². The van der Waals surface area contributed by atoms with E-state index in [1.807, 2.05) is 27.9 Å². The van der Waals surface area contributed by atoms with Crippen molar-refractivity contribution in [3.05, 3.63) is 0 Å². The topological polar surface area (TPSA) is 12.0 Å². The number of nitrogens with one attached hydrogen (secondary N) is 1. The Balaban J connectivity index is -0.0000000275. The quantitative estimate of drug-likeness (QED) is 0.456. The van der Waals surface area contributed by atoms with Gasteiger partial charge in [-0.2, -0.15) is 0 Å². The molecule has 36 valence electrons. The van der Waals surface area contributed by atoms with Crippen molar-refractivity contribution in [3.63, 3.8) is 0 Å². The lowest BCUT2D eigenvalue weighted by molar-refractivity contribution is 1.02. The smallest absolute Gasteiger partial charge is 0 e. The first-order chi connectivity index (χ1) is 2.41. The fraction of sp³-hybridized carbons (Fsp3) is 1.00. The number of hydrogen-bond acceptors (Lipinski definition) is 1. The molecule has 0 bridgehead atoms. The number of rotatable bonds is 0. The molecule has 0 amide bonds. The maximum absolute atomic E-state index is 2.75. The average Bonchev–Trinajstić information content (AvgIpc) is 1.46. The lowest BCUT2D eigenvalue weighted by Gasteiger charge is -1.59. The molecule has 0 aromatic heterocycles. The van der Waals surface area contributed by atoms with Gasteiger partial charge in [-0.25, -0.2) is 0 Å². The molecule has 0 atom stereocenters. The minimum Gasteiger partial charge on any atom is -0.323 e. The highest BCUT2D eigenvalue weighted by Crippen LogP contribution is 1.14. The van der Waals surface area contributed by atoms with E-state index in [1.165, 1.54) is 0 Å². The Morgan fingerprint density at radius 3 is 1.20 bits per heavy atom. The van der Waals surface area contributed by atoms with Crippen molar-refractivity contribution in [2.75, 3.05) is 14.1 Å². The molecule has 1 N–H and O–H groups in total. The average molecular weight is 77.2 g/mol. The molecule has 1 heteroatoms. The monoisotopic (exact) mass is 77.1 g/mol. The van der Waals surface area contributed by atoms with Gasteiger partial charge < -0.3 is 5.32 Å². The summed E-state index contributed by atoms with van der Waals surface area (Å²) in [5.41, 5.74) is 0. The second-order valence-electron chi connectivity index (χ2n) is 0.500. The Bertz CT molecular complexity index is 7.51. The van der Waals surface area contributed by atoms with Crippen molar-refractivity contribution in [1.29, 1.82) is 0 Å². The van der Waals surface area contributed by atoms with Gasteiger partial charge in [-0.1, -0.05) is 13.8 Å². The summed E-state index contributed by atoms with van der Waals surface area (Å²) in [6.45, 7) is 4.00. The zero-order valence-electron chi connectivity index (χ0n) is 4.50. The minimum atomic E-state index is 0. The van der Waals surface area contributed by atoms with Gasteiger partial charge in [0.25, 0.3) is 0 Å². The maximum Gasteiger partial charge on any atom is 0 e. The normalized spacial score (nSPS) is 4.80. The van der Waals surface area contributed by atoms with Gasteiger partial charge in [-0.05, 0) is 14.1 Å². The van der Waals surface area contributed by atoms with Crippen LogP contribution in [0.3, 0.4) is 0 Å². The van der Waals surface area contributed by atoms with E-state index in [1.54, 1.807) is 0 Å². The van der Waals surface area contributed by atoms with E-state index in [0.717, 1.165) is 0 Å². The van der Waals surface area contributed by atoms with Gasteiger partial charge in [0.1, 0.15) is 0 Å². The first kappa shape index (κ1) is 8.88. The van der Waals surface area contributed by atoms with Crippen LogP contribution in [0.4, 0.5) is 0 Å². The van der Waals surface area contributed by atoms with E-state index in [4.69, 9.17) is 0 Å². The second-order valence-corrected chi connectivity index (χ2v) is 0.500. The van der Waals surface area contributed by atoms with E-state index < -0.39 is 0 Å². The summed E-state index contributed by atoms with van der Waals surface area (Å²) in [6, 6.07) is 0. The van der Waals surface area contributed by atoms with Crippen LogP contribution >= 0.6 is 0 Å². The molecule has 0 fully saturated rings. The van der Waals surface area contributed by atoms with E-state index in [-0.39, 0.29) is 1.43 Å². The highest BCUT2D eigenvalue weighted by atomic mass is 14.7. The highest BCUT2D eigenvalue weighted by Gasteiger charge is 1.25. The summed E-state index contributed by atoms with van der Waals surface area (Å²) in [6.07, 6.45) is 0. The van der Waals surface area contributed by atoms with Gasteiger partial charge in [0.2, 0.25) is 0 Å². The van der Waals surface area contributed by atoms with Crippen LogP contribution in [0.2, 0.25) is 0 Å². The van der Waals surface area contributed by atoms with Crippen LogP contribution < -0.4 is 5.32 Å². The molecular formula is C4H15N. The molecule has 0 aromatic rings. The molecule has 0 rings (SSSR count). The van der Waals surface area contributed by atoms with Crippen molar-refractivity contribution in [3.8, 4) is 0 Å². The zero-order valence-corrected chi connectivity index (χ0v) is 4.50. The fourth-order valence-electron chi connectivity index (χ4n) is 0. The second kappa shape index (κ2) is 37.6. The van der Waals surface area contributed by atoms with Crippen molar-refractivity contribution in [2.45, 2.75) is 13.8 Å². The standard InChI is InChI=1S/C2H7N.C2H6.H2/c1-3-2;1-2;/h3H,1-2H3;1-2H3;1H. The molecule has 0 unspecified atom stereocenters. The van der Waals surface area contributed by atoms with E-state index in [0.29, 0.717) is 0 Å². The number of hydrogen-bond donors (Lipinski definition) is 1. The Hall–Kier alpha value is -0.0400. The summed E-state index contributed by atoms with van der Waals surface area (Å²) in [5, 5.41) is 2.75. The maximum atomic E-state index is 2.75. The summed E-state index contributed by atoms with van der Waals surface area (Å²) >= 11 is 0. The third-order valence-corrected chi connectivity index (χ3v) is 0. The lowest BCUT2D eigenvalue weighted by Crippen LogP contribution is -1.89. The van der Waals surface area contributed by atoms with Gasteiger partial charge >= 0.3 is 0 Å². The first-order valence-electron chi connectivity index (χ1n) is 2.00. The van der Waals surface area contributed by atoms with E-state index in [9.17, 15) is 0 Å². The molecule has 1 nitrogen and oxygen atoms in total. The molecule has 0 saturated carbocycles. The minimum absolute atomic E-state index is 0. The highest BCUT2D eigenvalue weighted by molar-refractivity contribution is 3.91. The molecule has 5 heavy (non-hydrogen) atoms. The first-order valence-corrected chi connectivity index (χ1v) is 2.00. The third-order valence-electron chi connectivity index (χ3n) is 0. The van der Waals surface area contributed by atoms with E-state index in [2.05, 4.69) is 5.32 Å².